The molecule has 2 N–H and O–H groups in total. The van der Waals surface area contributed by atoms with E-state index in [0.29, 0.717) is 12.1 Å². The molecule has 0 radical (unpaired) electrons. The summed E-state index contributed by atoms with van der Waals surface area (Å²) in [5.41, 5.74) is 0.708. The Hall–Kier alpha value is -0.970. The van der Waals surface area contributed by atoms with Crippen LogP contribution in [0.25, 0.3) is 0 Å². The van der Waals surface area contributed by atoms with Gasteiger partial charge in [0, 0.05) is 24.7 Å². The summed E-state index contributed by atoms with van der Waals surface area (Å²) >= 11 is 0. The summed E-state index contributed by atoms with van der Waals surface area (Å²) in [5.74, 6) is -0.165. The second kappa shape index (κ2) is 8.19. The number of likely N-dealkylation sites (N-methyl/N-ethyl adjacent to an activating group) is 1. The van der Waals surface area contributed by atoms with Crippen molar-refractivity contribution in [3.63, 3.8) is 0 Å². The molecule has 3 nitrogen and oxygen atoms in total. The zero-order valence-corrected chi connectivity index (χ0v) is 11.2. The van der Waals surface area contributed by atoms with Crippen molar-refractivity contribution in [2.45, 2.75) is 19.4 Å². The van der Waals surface area contributed by atoms with E-state index >= 15 is 0 Å². The Kier molecular flexibility index (Phi) is 6.86. The molecule has 0 aliphatic heterocycles. The average molecular weight is 254 g/mol. The van der Waals surface area contributed by atoms with Gasteiger partial charge in [0.15, 0.2) is 0 Å². The van der Waals surface area contributed by atoms with E-state index in [1.807, 2.05) is 19.2 Å². The number of aliphatic hydroxyl groups excluding tert-OH is 1. The molecule has 0 fully saturated rings. The second-order valence-electron chi connectivity index (χ2n) is 4.31. The molecule has 0 bridgehead atoms. The quantitative estimate of drug-likeness (QED) is 0.742. The third-order valence-electron chi connectivity index (χ3n) is 3.23. The molecule has 0 aromatic heterocycles. The van der Waals surface area contributed by atoms with Crippen molar-refractivity contribution < 1.29 is 9.50 Å². The van der Waals surface area contributed by atoms with Gasteiger partial charge in [-0.2, -0.15) is 0 Å². The highest BCUT2D eigenvalue weighted by Crippen LogP contribution is 2.19. The van der Waals surface area contributed by atoms with Crippen LogP contribution in [0.4, 0.5) is 4.39 Å². The van der Waals surface area contributed by atoms with Crippen molar-refractivity contribution in [3.05, 3.63) is 35.6 Å². The van der Waals surface area contributed by atoms with Crippen molar-refractivity contribution in [1.82, 2.24) is 10.2 Å². The standard InChI is InChI=1S/C14H23FN2O/c1-3-17(10-11-18)9-8-14(16-2)12-6-4-5-7-13(12)15/h4-7,14,16,18H,3,8-11H2,1-2H3. The molecular weight excluding hydrogens is 231 g/mol. The normalized spacial score (nSPS) is 12.9. The highest BCUT2D eigenvalue weighted by molar-refractivity contribution is 5.21. The summed E-state index contributed by atoms with van der Waals surface area (Å²) in [4.78, 5) is 2.16. The predicted octanol–water partition coefficient (Wildman–Crippen LogP) is 1.79. The van der Waals surface area contributed by atoms with Crippen LogP contribution in [0.3, 0.4) is 0 Å². The number of hydrogen-bond acceptors (Lipinski definition) is 3. The number of rotatable bonds is 8. The molecule has 18 heavy (non-hydrogen) atoms. The lowest BCUT2D eigenvalue weighted by molar-refractivity contribution is 0.195. The van der Waals surface area contributed by atoms with Crippen LogP contribution in [0.5, 0.6) is 0 Å². The Balaban J connectivity index is 2.60. The largest absolute Gasteiger partial charge is 0.395 e. The fourth-order valence-electron chi connectivity index (χ4n) is 2.09. The van der Waals surface area contributed by atoms with Gasteiger partial charge in [-0.3, -0.25) is 0 Å². The van der Waals surface area contributed by atoms with E-state index < -0.39 is 0 Å². The summed E-state index contributed by atoms with van der Waals surface area (Å²) < 4.78 is 13.7. The van der Waals surface area contributed by atoms with Crippen molar-refractivity contribution in [1.29, 1.82) is 0 Å². The van der Waals surface area contributed by atoms with E-state index in [1.54, 1.807) is 6.07 Å². The van der Waals surface area contributed by atoms with Gasteiger partial charge in [-0.1, -0.05) is 25.1 Å². The Morgan fingerprint density at radius 1 is 1.33 bits per heavy atom. The van der Waals surface area contributed by atoms with Gasteiger partial charge >= 0.3 is 0 Å². The van der Waals surface area contributed by atoms with Gasteiger partial charge in [-0.05, 0) is 26.1 Å². The maximum atomic E-state index is 13.7. The van der Waals surface area contributed by atoms with E-state index in [2.05, 4.69) is 17.1 Å². The molecule has 1 rings (SSSR count). The highest BCUT2D eigenvalue weighted by Gasteiger charge is 2.14. The predicted molar refractivity (Wildman–Crippen MR) is 72.0 cm³/mol. The van der Waals surface area contributed by atoms with Crippen LogP contribution in [-0.4, -0.2) is 43.3 Å². The molecule has 0 amide bonds. The molecule has 1 aromatic carbocycles. The molecule has 1 atom stereocenters. The van der Waals surface area contributed by atoms with Crippen LogP contribution >= 0.6 is 0 Å². The number of nitrogens with one attached hydrogen (secondary N) is 1. The van der Waals surface area contributed by atoms with E-state index in [9.17, 15) is 4.39 Å². The topological polar surface area (TPSA) is 35.5 Å². The van der Waals surface area contributed by atoms with Crippen LogP contribution in [0.1, 0.15) is 24.9 Å². The third kappa shape index (κ3) is 4.37. The van der Waals surface area contributed by atoms with Gasteiger partial charge in [0.05, 0.1) is 6.61 Å². The van der Waals surface area contributed by atoms with Gasteiger partial charge < -0.3 is 15.3 Å². The maximum Gasteiger partial charge on any atom is 0.127 e. The van der Waals surface area contributed by atoms with E-state index in [4.69, 9.17) is 5.11 Å². The summed E-state index contributed by atoms with van der Waals surface area (Å²) in [6.45, 7) is 4.64. The second-order valence-corrected chi connectivity index (χ2v) is 4.31. The Labute approximate surface area is 109 Å². The number of hydrogen-bond donors (Lipinski definition) is 2. The molecule has 0 heterocycles. The van der Waals surface area contributed by atoms with Gasteiger partial charge in [0.2, 0.25) is 0 Å². The smallest absolute Gasteiger partial charge is 0.127 e. The lowest BCUT2D eigenvalue weighted by Gasteiger charge is -2.23. The zero-order chi connectivity index (χ0) is 13.4. The number of halogens is 1. The van der Waals surface area contributed by atoms with Crippen LogP contribution in [-0.2, 0) is 0 Å². The van der Waals surface area contributed by atoms with Crippen molar-refractivity contribution in [2.24, 2.45) is 0 Å². The summed E-state index contributed by atoms with van der Waals surface area (Å²) in [7, 11) is 1.85. The first kappa shape index (κ1) is 15.1. The molecule has 102 valence electrons. The van der Waals surface area contributed by atoms with Crippen molar-refractivity contribution in [2.75, 3.05) is 33.3 Å². The minimum atomic E-state index is -0.165. The van der Waals surface area contributed by atoms with Gasteiger partial charge in [-0.25, -0.2) is 4.39 Å². The molecule has 4 heteroatoms. The van der Waals surface area contributed by atoms with Gasteiger partial charge in [0.25, 0.3) is 0 Å². The Morgan fingerprint density at radius 3 is 2.61 bits per heavy atom. The van der Waals surface area contributed by atoms with E-state index in [0.717, 1.165) is 19.5 Å². The molecular formula is C14H23FN2O. The van der Waals surface area contributed by atoms with E-state index in [-0.39, 0.29) is 18.5 Å². The summed E-state index contributed by atoms with van der Waals surface area (Å²) in [6, 6.07) is 6.88. The summed E-state index contributed by atoms with van der Waals surface area (Å²) in [5, 5.41) is 12.1. The molecule has 0 aliphatic rings. The van der Waals surface area contributed by atoms with Crippen LogP contribution < -0.4 is 5.32 Å². The fraction of sp³-hybridized carbons (Fsp3) is 0.571. The van der Waals surface area contributed by atoms with Crippen molar-refractivity contribution >= 4 is 0 Å². The molecule has 1 aromatic rings. The summed E-state index contributed by atoms with van der Waals surface area (Å²) in [6.07, 6.45) is 0.825. The molecule has 0 spiro atoms. The first-order valence-corrected chi connectivity index (χ1v) is 6.47. The maximum absolute atomic E-state index is 13.7. The Morgan fingerprint density at radius 2 is 2.06 bits per heavy atom. The van der Waals surface area contributed by atoms with E-state index in [1.165, 1.54) is 6.07 Å². The number of nitrogens with zero attached hydrogens (tertiary/aromatic N) is 1. The molecule has 0 saturated carbocycles. The van der Waals surface area contributed by atoms with Crippen LogP contribution in [0.15, 0.2) is 24.3 Å². The minimum absolute atomic E-state index is 0.0129. The zero-order valence-electron chi connectivity index (χ0n) is 11.2. The first-order chi connectivity index (χ1) is 8.72. The van der Waals surface area contributed by atoms with Crippen LogP contribution in [0.2, 0.25) is 0 Å². The van der Waals surface area contributed by atoms with Crippen LogP contribution in [0, 0.1) is 5.82 Å². The third-order valence-corrected chi connectivity index (χ3v) is 3.23. The first-order valence-electron chi connectivity index (χ1n) is 6.47. The SMILES string of the molecule is CCN(CCO)CCC(NC)c1ccccc1F. The lowest BCUT2D eigenvalue weighted by Crippen LogP contribution is -2.30. The monoisotopic (exact) mass is 254 g/mol. The molecule has 0 saturated heterocycles. The molecule has 0 aliphatic carbocycles. The fourth-order valence-corrected chi connectivity index (χ4v) is 2.09. The number of aliphatic hydroxyl groups is 1. The van der Waals surface area contributed by atoms with Gasteiger partial charge in [0.1, 0.15) is 5.82 Å². The Bertz CT molecular complexity index is 346. The molecule has 1 unspecified atom stereocenters. The van der Waals surface area contributed by atoms with Gasteiger partial charge in [-0.15, -0.1) is 0 Å². The number of benzene rings is 1. The highest BCUT2D eigenvalue weighted by atomic mass is 19.1. The lowest BCUT2D eigenvalue weighted by atomic mass is 10.0. The average Bonchev–Trinajstić information content (AvgIpc) is 2.40. The van der Waals surface area contributed by atoms with Crippen molar-refractivity contribution in [3.8, 4) is 0 Å². The minimum Gasteiger partial charge on any atom is -0.395 e.